The monoisotopic (exact) mass is 777 g/mol. The Balaban J connectivity index is 1.21. The van der Waals surface area contributed by atoms with Crippen molar-refractivity contribution in [2.45, 2.75) is 10.1 Å². The lowest BCUT2D eigenvalue weighted by Gasteiger charge is -2.17. The van der Waals surface area contributed by atoms with Gasteiger partial charge in [-0.3, -0.25) is 14.4 Å². The minimum absolute atomic E-state index is 0.0692. The molecule has 266 valence electrons. The number of halogens is 2. The fraction of sp³-hybridized carbons (Fsp3) is 0.0732. The Morgan fingerprint density at radius 3 is 2.21 bits per heavy atom. The molecule has 1 aromatic heterocycles. The van der Waals surface area contributed by atoms with Crippen LogP contribution >= 0.6 is 46.3 Å². The summed E-state index contributed by atoms with van der Waals surface area (Å²) in [6.07, 6.45) is 1.63. The average molecular weight is 779 g/mol. The highest BCUT2D eigenvalue weighted by molar-refractivity contribution is 8.00. The van der Waals surface area contributed by atoms with Gasteiger partial charge in [0.25, 0.3) is 11.8 Å². The molecule has 53 heavy (non-hydrogen) atoms. The standard InChI is InChI=1S/C41H33Cl2N5O3S2/c1-48(2)31-19-16-26(17-20-31)22-35(45-38(49)28-12-7-4-8-13-28)39(50)44-30-14-9-15-32(24-30)53-37(27-10-5-3-6-11-27)40(51)47-41-46-36(25-52-41)29-18-21-33(42)34(43)23-29/h3-25,37H,1-2H3,(H,44,50)(H,45,49)(H,46,47,51)/b35-22+. The first-order valence-corrected chi connectivity index (χ1v) is 18.8. The van der Waals surface area contributed by atoms with Crippen LogP contribution in [0.1, 0.15) is 26.7 Å². The summed E-state index contributed by atoms with van der Waals surface area (Å²) in [5, 5.41) is 11.2. The van der Waals surface area contributed by atoms with Gasteiger partial charge in [-0.05, 0) is 71.8 Å². The van der Waals surface area contributed by atoms with Gasteiger partial charge in [-0.25, -0.2) is 4.98 Å². The van der Waals surface area contributed by atoms with Gasteiger partial charge in [-0.15, -0.1) is 23.1 Å². The number of thioether (sulfide) groups is 1. The molecule has 5 aromatic carbocycles. The molecular formula is C41H33Cl2N5O3S2. The van der Waals surface area contributed by atoms with E-state index >= 15 is 0 Å². The highest BCUT2D eigenvalue weighted by Crippen LogP contribution is 2.38. The molecule has 0 saturated carbocycles. The van der Waals surface area contributed by atoms with E-state index < -0.39 is 17.1 Å². The SMILES string of the molecule is CN(C)c1ccc(/C=C(/NC(=O)c2ccccc2)C(=O)Nc2cccc(SC(C(=O)Nc3nc(-c4ccc(Cl)c(Cl)c4)cs3)c3ccccc3)c2)cc1. The van der Waals surface area contributed by atoms with Crippen molar-refractivity contribution in [1.82, 2.24) is 10.3 Å². The summed E-state index contributed by atoms with van der Waals surface area (Å²) in [4.78, 5) is 48.1. The quantitative estimate of drug-likeness (QED) is 0.0845. The lowest BCUT2D eigenvalue weighted by molar-refractivity contribution is -0.116. The van der Waals surface area contributed by atoms with Crippen LogP contribution in [0.2, 0.25) is 10.0 Å². The number of nitrogens with one attached hydrogen (secondary N) is 3. The van der Waals surface area contributed by atoms with Gasteiger partial charge in [0.1, 0.15) is 10.9 Å². The van der Waals surface area contributed by atoms with E-state index in [1.807, 2.05) is 97.2 Å². The van der Waals surface area contributed by atoms with E-state index in [2.05, 4.69) is 20.9 Å². The molecule has 0 aliphatic rings. The molecule has 6 aromatic rings. The van der Waals surface area contributed by atoms with Gasteiger partial charge in [0.05, 0.1) is 15.7 Å². The Bertz CT molecular complexity index is 2260. The van der Waals surface area contributed by atoms with E-state index in [0.717, 1.165) is 27.3 Å². The number of aromatic nitrogens is 1. The van der Waals surface area contributed by atoms with Gasteiger partial charge >= 0.3 is 0 Å². The van der Waals surface area contributed by atoms with Crippen molar-refractivity contribution in [3.8, 4) is 11.3 Å². The van der Waals surface area contributed by atoms with Crippen molar-refractivity contribution >= 4 is 86.6 Å². The third-order valence-electron chi connectivity index (χ3n) is 7.89. The lowest BCUT2D eigenvalue weighted by atomic mass is 10.1. The number of carbonyl (C=O) groups is 3. The molecule has 0 aliphatic carbocycles. The van der Waals surface area contributed by atoms with Crippen LogP contribution in [0.5, 0.6) is 0 Å². The molecule has 0 spiro atoms. The Kier molecular flexibility index (Phi) is 12.3. The molecule has 0 radical (unpaired) electrons. The number of rotatable bonds is 12. The van der Waals surface area contributed by atoms with E-state index in [1.165, 1.54) is 23.1 Å². The number of hydrogen-bond acceptors (Lipinski definition) is 7. The fourth-order valence-corrected chi connectivity index (χ4v) is 7.25. The average Bonchev–Trinajstić information content (AvgIpc) is 3.64. The van der Waals surface area contributed by atoms with Crippen LogP contribution in [0.15, 0.2) is 143 Å². The van der Waals surface area contributed by atoms with Crippen LogP contribution in [-0.4, -0.2) is 36.8 Å². The van der Waals surface area contributed by atoms with E-state index in [9.17, 15) is 14.4 Å². The minimum atomic E-state index is -0.648. The molecule has 12 heteroatoms. The van der Waals surface area contributed by atoms with Gasteiger partial charge in [-0.2, -0.15) is 0 Å². The predicted octanol–water partition coefficient (Wildman–Crippen LogP) is 10.1. The van der Waals surface area contributed by atoms with Crippen molar-refractivity contribution in [1.29, 1.82) is 0 Å². The first-order chi connectivity index (χ1) is 25.6. The molecule has 8 nitrogen and oxygen atoms in total. The molecule has 3 amide bonds. The van der Waals surface area contributed by atoms with E-state index in [-0.39, 0.29) is 11.6 Å². The molecule has 1 heterocycles. The molecule has 1 atom stereocenters. The van der Waals surface area contributed by atoms with Crippen molar-refractivity contribution in [2.24, 2.45) is 0 Å². The molecule has 0 fully saturated rings. The fourth-order valence-electron chi connectivity index (χ4n) is 5.15. The van der Waals surface area contributed by atoms with E-state index in [0.29, 0.717) is 32.1 Å². The van der Waals surface area contributed by atoms with E-state index in [1.54, 1.807) is 60.7 Å². The van der Waals surface area contributed by atoms with Gasteiger partial charge < -0.3 is 20.9 Å². The van der Waals surface area contributed by atoms with Gasteiger partial charge in [0.2, 0.25) is 5.91 Å². The maximum absolute atomic E-state index is 13.8. The van der Waals surface area contributed by atoms with Crippen LogP contribution in [0.25, 0.3) is 17.3 Å². The Hall–Kier alpha value is -5.39. The molecule has 1 unspecified atom stereocenters. The van der Waals surface area contributed by atoms with Crippen LogP contribution in [0.4, 0.5) is 16.5 Å². The topological polar surface area (TPSA) is 103 Å². The van der Waals surface area contributed by atoms with Crippen LogP contribution in [0.3, 0.4) is 0 Å². The maximum atomic E-state index is 13.8. The Labute approximate surface area is 325 Å². The first kappa shape index (κ1) is 37.4. The van der Waals surface area contributed by atoms with Gasteiger partial charge in [0.15, 0.2) is 5.13 Å². The number of amides is 3. The second-order valence-corrected chi connectivity index (χ2v) is 14.8. The summed E-state index contributed by atoms with van der Waals surface area (Å²) in [5.41, 5.74) is 4.94. The van der Waals surface area contributed by atoms with Crippen molar-refractivity contribution in [3.63, 3.8) is 0 Å². The zero-order valence-corrected chi connectivity index (χ0v) is 31.7. The van der Waals surface area contributed by atoms with Crippen molar-refractivity contribution in [3.05, 3.63) is 165 Å². The number of carbonyl (C=O) groups excluding carboxylic acids is 3. The highest BCUT2D eigenvalue weighted by atomic mass is 35.5. The molecule has 0 saturated heterocycles. The minimum Gasteiger partial charge on any atom is -0.378 e. The van der Waals surface area contributed by atoms with Crippen LogP contribution < -0.4 is 20.9 Å². The zero-order valence-electron chi connectivity index (χ0n) is 28.5. The maximum Gasteiger partial charge on any atom is 0.272 e. The summed E-state index contributed by atoms with van der Waals surface area (Å²) < 4.78 is 0. The number of anilines is 3. The predicted molar refractivity (Wildman–Crippen MR) is 219 cm³/mol. The summed E-state index contributed by atoms with van der Waals surface area (Å²) in [6.45, 7) is 0. The highest BCUT2D eigenvalue weighted by Gasteiger charge is 2.24. The van der Waals surface area contributed by atoms with E-state index in [4.69, 9.17) is 23.2 Å². The molecular weight excluding hydrogens is 746 g/mol. The number of thiazole rings is 1. The largest absolute Gasteiger partial charge is 0.378 e. The molecule has 3 N–H and O–H groups in total. The van der Waals surface area contributed by atoms with Crippen LogP contribution in [-0.2, 0) is 9.59 Å². The molecule has 0 aliphatic heterocycles. The second-order valence-electron chi connectivity index (χ2n) is 11.9. The van der Waals surface area contributed by atoms with Crippen molar-refractivity contribution in [2.75, 3.05) is 29.6 Å². The van der Waals surface area contributed by atoms with Crippen molar-refractivity contribution < 1.29 is 14.4 Å². The third-order valence-corrected chi connectivity index (χ3v) is 10.6. The smallest absolute Gasteiger partial charge is 0.272 e. The summed E-state index contributed by atoms with van der Waals surface area (Å²) in [6, 6.07) is 38.2. The van der Waals surface area contributed by atoms with Gasteiger partial charge in [-0.1, -0.05) is 96.0 Å². The Morgan fingerprint density at radius 1 is 0.792 bits per heavy atom. The summed E-state index contributed by atoms with van der Waals surface area (Å²) in [7, 11) is 3.89. The molecule has 6 rings (SSSR count). The zero-order chi connectivity index (χ0) is 37.3. The lowest BCUT2D eigenvalue weighted by Crippen LogP contribution is -2.30. The van der Waals surface area contributed by atoms with Gasteiger partial charge in [0, 0.05) is 46.9 Å². The summed E-state index contributed by atoms with van der Waals surface area (Å²) >= 11 is 14.9. The number of benzene rings is 5. The molecule has 0 bridgehead atoms. The summed E-state index contributed by atoms with van der Waals surface area (Å²) in [5.74, 6) is -1.19. The first-order valence-electron chi connectivity index (χ1n) is 16.3. The second kappa shape index (κ2) is 17.4. The Morgan fingerprint density at radius 2 is 1.51 bits per heavy atom. The normalized spacial score (nSPS) is 11.7. The third kappa shape index (κ3) is 9.94. The van der Waals surface area contributed by atoms with Crippen LogP contribution in [0, 0.1) is 0 Å². The number of nitrogens with zero attached hydrogens (tertiary/aromatic N) is 2. The number of hydrogen-bond donors (Lipinski definition) is 3.